The van der Waals surface area contributed by atoms with E-state index in [2.05, 4.69) is 12.2 Å². The van der Waals surface area contributed by atoms with Gasteiger partial charge in [0.15, 0.2) is 11.6 Å². The number of halogens is 2. The molecule has 1 aromatic rings. The van der Waals surface area contributed by atoms with E-state index in [4.69, 9.17) is 0 Å². The van der Waals surface area contributed by atoms with Crippen LogP contribution >= 0.6 is 0 Å². The van der Waals surface area contributed by atoms with Crippen LogP contribution in [-0.2, 0) is 4.79 Å². The molecule has 1 N–H and O–H groups in total. The lowest BCUT2D eigenvalue weighted by molar-refractivity contribution is -0.133. The van der Waals surface area contributed by atoms with Crippen molar-refractivity contribution >= 4 is 5.91 Å². The standard InChI is InChI=1S/C16H18F2N2O/c1-9(10-2-3-10)20-14(19-16(6-7-16)15(20)21)11-4-5-12(17)13(18)8-11/h4-5,8-10,14,19H,2-3,6-7H2,1H3. The smallest absolute Gasteiger partial charge is 0.244 e. The molecule has 4 rings (SSSR count). The minimum absolute atomic E-state index is 0.122. The van der Waals surface area contributed by atoms with Gasteiger partial charge < -0.3 is 4.90 Å². The third-order valence-corrected chi connectivity index (χ3v) is 5.09. The van der Waals surface area contributed by atoms with Gasteiger partial charge in [-0.15, -0.1) is 0 Å². The SMILES string of the molecule is CC(C1CC1)N1C(=O)C2(CC2)NC1c1ccc(F)c(F)c1. The summed E-state index contributed by atoms with van der Waals surface area (Å²) in [7, 11) is 0. The summed E-state index contributed by atoms with van der Waals surface area (Å²) >= 11 is 0. The Morgan fingerprint density at radius 2 is 2.00 bits per heavy atom. The fourth-order valence-corrected chi connectivity index (χ4v) is 3.39. The van der Waals surface area contributed by atoms with Crippen LogP contribution in [-0.4, -0.2) is 22.4 Å². The van der Waals surface area contributed by atoms with E-state index >= 15 is 0 Å². The normalized spacial score (nSPS) is 28.2. The molecule has 1 aliphatic heterocycles. The highest BCUT2D eigenvalue weighted by Crippen LogP contribution is 2.49. The molecule has 2 atom stereocenters. The molecule has 3 aliphatic rings. The van der Waals surface area contributed by atoms with E-state index in [1.54, 1.807) is 6.07 Å². The zero-order chi connectivity index (χ0) is 14.8. The number of nitrogens with zero attached hydrogens (tertiary/aromatic N) is 1. The van der Waals surface area contributed by atoms with Crippen LogP contribution in [0.5, 0.6) is 0 Å². The number of amides is 1. The van der Waals surface area contributed by atoms with Crippen molar-refractivity contribution in [3.8, 4) is 0 Å². The zero-order valence-corrected chi connectivity index (χ0v) is 11.9. The van der Waals surface area contributed by atoms with E-state index in [1.807, 2.05) is 4.90 Å². The van der Waals surface area contributed by atoms with Crippen molar-refractivity contribution in [1.82, 2.24) is 10.2 Å². The first kappa shape index (κ1) is 13.2. The predicted molar refractivity (Wildman–Crippen MR) is 73.2 cm³/mol. The number of carbonyl (C=O) groups excluding carboxylic acids is 1. The van der Waals surface area contributed by atoms with Gasteiger partial charge in [0.25, 0.3) is 0 Å². The van der Waals surface area contributed by atoms with Gasteiger partial charge in [0, 0.05) is 6.04 Å². The maximum atomic E-state index is 13.5. The largest absolute Gasteiger partial charge is 0.318 e. The average molecular weight is 292 g/mol. The van der Waals surface area contributed by atoms with Gasteiger partial charge in [0.2, 0.25) is 5.91 Å². The van der Waals surface area contributed by atoms with E-state index in [9.17, 15) is 13.6 Å². The van der Waals surface area contributed by atoms with Gasteiger partial charge in [-0.3, -0.25) is 10.1 Å². The van der Waals surface area contributed by atoms with Crippen molar-refractivity contribution in [2.24, 2.45) is 5.92 Å². The number of hydrogen-bond acceptors (Lipinski definition) is 2. The summed E-state index contributed by atoms with van der Waals surface area (Å²) < 4.78 is 26.7. The van der Waals surface area contributed by atoms with Crippen molar-refractivity contribution in [2.75, 3.05) is 0 Å². The molecule has 3 fully saturated rings. The van der Waals surface area contributed by atoms with Crippen molar-refractivity contribution in [2.45, 2.75) is 50.4 Å². The minimum atomic E-state index is -0.863. The summed E-state index contributed by atoms with van der Waals surface area (Å²) in [5.74, 6) is -1.06. The van der Waals surface area contributed by atoms with Gasteiger partial charge in [-0.2, -0.15) is 0 Å². The molecule has 2 saturated carbocycles. The van der Waals surface area contributed by atoms with E-state index < -0.39 is 17.2 Å². The number of rotatable bonds is 3. The highest BCUT2D eigenvalue weighted by Gasteiger charge is 2.61. The Morgan fingerprint density at radius 3 is 2.57 bits per heavy atom. The van der Waals surface area contributed by atoms with Crippen molar-refractivity contribution < 1.29 is 13.6 Å². The van der Waals surface area contributed by atoms with Crippen LogP contribution in [0.15, 0.2) is 18.2 Å². The lowest BCUT2D eigenvalue weighted by Gasteiger charge is -2.30. The summed E-state index contributed by atoms with van der Waals surface area (Å²) in [4.78, 5) is 14.6. The van der Waals surface area contributed by atoms with Crippen LogP contribution < -0.4 is 5.32 Å². The minimum Gasteiger partial charge on any atom is -0.318 e. The van der Waals surface area contributed by atoms with Crippen molar-refractivity contribution in [3.05, 3.63) is 35.4 Å². The molecule has 1 saturated heterocycles. The van der Waals surface area contributed by atoms with Gasteiger partial charge in [0.1, 0.15) is 11.7 Å². The molecule has 1 spiro atoms. The second kappa shape index (κ2) is 4.26. The van der Waals surface area contributed by atoms with E-state index in [0.717, 1.165) is 31.7 Å². The predicted octanol–water partition coefficient (Wildman–Crippen LogP) is 2.73. The Labute approximate surface area is 122 Å². The number of benzene rings is 1. The van der Waals surface area contributed by atoms with Crippen molar-refractivity contribution in [3.63, 3.8) is 0 Å². The first-order valence-electron chi connectivity index (χ1n) is 7.57. The molecule has 2 aliphatic carbocycles. The Kier molecular flexibility index (Phi) is 2.67. The topological polar surface area (TPSA) is 32.3 Å². The first-order chi connectivity index (χ1) is 10.0. The molecule has 1 aromatic carbocycles. The van der Waals surface area contributed by atoms with Gasteiger partial charge in [-0.05, 0) is 56.2 Å². The second-order valence-electron chi connectivity index (χ2n) is 6.59. The molecular weight excluding hydrogens is 274 g/mol. The third kappa shape index (κ3) is 1.98. The fourth-order valence-electron chi connectivity index (χ4n) is 3.39. The van der Waals surface area contributed by atoms with Crippen LogP contribution in [0.25, 0.3) is 0 Å². The van der Waals surface area contributed by atoms with Crippen molar-refractivity contribution in [1.29, 1.82) is 0 Å². The first-order valence-corrected chi connectivity index (χ1v) is 7.57. The van der Waals surface area contributed by atoms with Gasteiger partial charge in [-0.1, -0.05) is 6.07 Å². The highest BCUT2D eigenvalue weighted by molar-refractivity contribution is 5.92. The molecule has 2 unspecified atom stereocenters. The fraction of sp³-hybridized carbons (Fsp3) is 0.562. The summed E-state index contributed by atoms with van der Waals surface area (Å²) in [5.41, 5.74) is 0.178. The molecule has 3 nitrogen and oxygen atoms in total. The van der Waals surface area contributed by atoms with E-state index in [1.165, 1.54) is 6.07 Å². The summed E-state index contributed by atoms with van der Waals surface area (Å²) in [6, 6.07) is 4.04. The molecule has 112 valence electrons. The highest BCUT2D eigenvalue weighted by atomic mass is 19.2. The van der Waals surface area contributed by atoms with Crippen LogP contribution in [0.3, 0.4) is 0 Å². The molecule has 1 amide bonds. The summed E-state index contributed by atoms with van der Waals surface area (Å²) in [5, 5.41) is 3.35. The molecule has 21 heavy (non-hydrogen) atoms. The number of nitrogens with one attached hydrogen (secondary N) is 1. The molecule has 0 aromatic heterocycles. The van der Waals surface area contributed by atoms with Crippen LogP contribution in [0.4, 0.5) is 8.78 Å². The maximum absolute atomic E-state index is 13.5. The Balaban J connectivity index is 1.70. The summed E-state index contributed by atoms with van der Waals surface area (Å²) in [6.45, 7) is 2.06. The van der Waals surface area contributed by atoms with Gasteiger partial charge in [0.05, 0.1) is 0 Å². The average Bonchev–Trinajstić information content (AvgIpc) is 3.34. The zero-order valence-electron chi connectivity index (χ0n) is 11.9. The number of hydrogen-bond donors (Lipinski definition) is 1. The van der Waals surface area contributed by atoms with Gasteiger partial charge in [-0.25, -0.2) is 8.78 Å². The lowest BCUT2D eigenvalue weighted by Crippen LogP contribution is -2.40. The second-order valence-corrected chi connectivity index (χ2v) is 6.59. The van der Waals surface area contributed by atoms with E-state index in [0.29, 0.717) is 11.5 Å². The Hall–Kier alpha value is -1.49. The monoisotopic (exact) mass is 292 g/mol. The Morgan fingerprint density at radius 1 is 1.29 bits per heavy atom. The molecular formula is C16H18F2N2O. The summed E-state index contributed by atoms with van der Waals surface area (Å²) in [6.07, 6.45) is 3.61. The van der Waals surface area contributed by atoms with E-state index in [-0.39, 0.29) is 18.1 Å². The molecule has 1 heterocycles. The molecule has 0 radical (unpaired) electrons. The van der Waals surface area contributed by atoms with Gasteiger partial charge >= 0.3 is 0 Å². The quantitative estimate of drug-likeness (QED) is 0.929. The Bertz CT molecular complexity index is 610. The molecule has 0 bridgehead atoms. The maximum Gasteiger partial charge on any atom is 0.244 e. The molecule has 5 heteroatoms. The lowest BCUT2D eigenvalue weighted by atomic mass is 10.1. The van der Waals surface area contributed by atoms with Crippen LogP contribution in [0.1, 0.15) is 44.3 Å². The third-order valence-electron chi connectivity index (χ3n) is 5.09. The van der Waals surface area contributed by atoms with Crippen LogP contribution in [0.2, 0.25) is 0 Å². The number of carbonyl (C=O) groups is 1. The van der Waals surface area contributed by atoms with Crippen LogP contribution in [0, 0.1) is 17.6 Å².